The molecule has 2 heterocycles. The van der Waals surface area contributed by atoms with Gasteiger partial charge in [-0.15, -0.1) is 0 Å². The summed E-state index contributed by atoms with van der Waals surface area (Å²) in [6.45, 7) is 7.61. The number of nitrogens with zero attached hydrogens (tertiary/aromatic N) is 3. The number of amides is 3. The lowest BCUT2D eigenvalue weighted by Crippen LogP contribution is -2.51. The Morgan fingerprint density at radius 1 is 1.21 bits per heavy atom. The van der Waals surface area contributed by atoms with E-state index in [1.54, 1.807) is 4.90 Å². The second kappa shape index (κ2) is 8.69. The Morgan fingerprint density at radius 2 is 1.93 bits per heavy atom. The number of halogens is 1. The van der Waals surface area contributed by atoms with Gasteiger partial charge in [-0.2, -0.15) is 0 Å². The molecule has 0 saturated carbocycles. The van der Waals surface area contributed by atoms with Crippen molar-refractivity contribution in [2.75, 3.05) is 19.6 Å². The first kappa shape index (κ1) is 20.3. The Morgan fingerprint density at radius 3 is 2.57 bits per heavy atom. The number of urea groups is 1. The van der Waals surface area contributed by atoms with E-state index in [9.17, 15) is 9.59 Å². The van der Waals surface area contributed by atoms with Gasteiger partial charge in [0.25, 0.3) is 0 Å². The van der Waals surface area contributed by atoms with E-state index < -0.39 is 0 Å². The van der Waals surface area contributed by atoms with Gasteiger partial charge in [-0.3, -0.25) is 4.79 Å². The van der Waals surface area contributed by atoms with Crippen LogP contribution < -0.4 is 5.32 Å². The van der Waals surface area contributed by atoms with Gasteiger partial charge in [0, 0.05) is 42.6 Å². The molecular formula is C21H27ClN4O2. The smallest absolute Gasteiger partial charge is 0.318 e. The van der Waals surface area contributed by atoms with Crippen molar-refractivity contribution in [2.24, 2.45) is 0 Å². The summed E-state index contributed by atoms with van der Waals surface area (Å²) < 4.78 is 2.17. The maximum atomic E-state index is 13.3. The standard InChI is InChI=1S/C21H27ClN4O2/c1-4-23-21(28)26(15(2)3)14-19(27)25-13-12-24-11-5-6-18(24)20(25)16-7-9-17(22)10-8-16/h5-11,15,20H,4,12-14H2,1-3H3,(H,23,28)/t20-/m1/s1. The van der Waals surface area contributed by atoms with Crippen LogP contribution in [0.1, 0.15) is 38.1 Å². The number of aromatic nitrogens is 1. The lowest BCUT2D eigenvalue weighted by atomic mass is 9.99. The molecule has 1 aliphatic heterocycles. The Labute approximate surface area is 171 Å². The summed E-state index contributed by atoms with van der Waals surface area (Å²) >= 11 is 6.06. The number of carbonyl (C=O) groups is 2. The maximum absolute atomic E-state index is 13.3. The highest BCUT2D eigenvalue weighted by Gasteiger charge is 2.33. The summed E-state index contributed by atoms with van der Waals surface area (Å²) in [5.74, 6) is -0.0626. The molecule has 0 spiro atoms. The SMILES string of the molecule is CCNC(=O)N(CC(=O)N1CCn2cccc2[C@H]1c1ccc(Cl)cc1)C(C)C. The van der Waals surface area contributed by atoms with Crippen LogP contribution in [-0.2, 0) is 11.3 Å². The fourth-order valence-corrected chi connectivity index (χ4v) is 3.75. The molecule has 2 aromatic rings. The molecule has 0 radical (unpaired) electrons. The minimum atomic E-state index is -0.214. The zero-order valence-corrected chi connectivity index (χ0v) is 17.3. The predicted molar refractivity (Wildman–Crippen MR) is 110 cm³/mol. The second-order valence-corrected chi connectivity index (χ2v) is 7.66. The number of hydrogen-bond donors (Lipinski definition) is 1. The molecule has 1 aromatic carbocycles. The monoisotopic (exact) mass is 402 g/mol. The number of fused-ring (bicyclic) bond motifs is 1. The maximum Gasteiger partial charge on any atom is 0.318 e. The molecule has 1 N–H and O–H groups in total. The van der Waals surface area contributed by atoms with Crippen LogP contribution in [0.15, 0.2) is 42.6 Å². The fraction of sp³-hybridized carbons (Fsp3) is 0.429. The molecule has 1 aliphatic rings. The van der Waals surface area contributed by atoms with Crippen molar-refractivity contribution in [1.29, 1.82) is 0 Å². The summed E-state index contributed by atoms with van der Waals surface area (Å²) in [4.78, 5) is 29.1. The van der Waals surface area contributed by atoms with Crippen molar-refractivity contribution in [3.63, 3.8) is 0 Å². The zero-order valence-electron chi connectivity index (χ0n) is 16.6. The minimum Gasteiger partial charge on any atom is -0.348 e. The molecule has 0 bridgehead atoms. The van der Waals surface area contributed by atoms with Gasteiger partial charge in [-0.25, -0.2) is 4.79 Å². The van der Waals surface area contributed by atoms with Crippen LogP contribution in [0.25, 0.3) is 0 Å². The van der Waals surface area contributed by atoms with Crippen molar-refractivity contribution < 1.29 is 9.59 Å². The van der Waals surface area contributed by atoms with E-state index in [2.05, 4.69) is 9.88 Å². The van der Waals surface area contributed by atoms with Crippen molar-refractivity contribution in [3.05, 3.63) is 58.9 Å². The quantitative estimate of drug-likeness (QED) is 0.831. The van der Waals surface area contributed by atoms with E-state index >= 15 is 0 Å². The summed E-state index contributed by atoms with van der Waals surface area (Å²) in [5, 5.41) is 3.46. The molecule has 28 heavy (non-hydrogen) atoms. The average molecular weight is 403 g/mol. The first-order chi connectivity index (χ1) is 13.4. The third kappa shape index (κ3) is 4.17. The molecule has 150 valence electrons. The molecule has 0 aliphatic carbocycles. The van der Waals surface area contributed by atoms with Crippen molar-refractivity contribution >= 4 is 23.5 Å². The molecule has 7 heteroatoms. The molecule has 0 saturated heterocycles. The molecule has 1 atom stereocenters. The first-order valence-electron chi connectivity index (χ1n) is 9.66. The lowest BCUT2D eigenvalue weighted by Gasteiger charge is -2.39. The average Bonchev–Trinajstić information content (AvgIpc) is 3.14. The molecule has 3 amide bonds. The first-order valence-corrected chi connectivity index (χ1v) is 10.0. The highest BCUT2D eigenvalue weighted by Crippen LogP contribution is 2.33. The predicted octanol–water partition coefficient (Wildman–Crippen LogP) is 3.51. The van der Waals surface area contributed by atoms with Crippen LogP contribution in [-0.4, -0.2) is 52.0 Å². The molecular weight excluding hydrogens is 376 g/mol. The molecule has 6 nitrogen and oxygen atoms in total. The number of nitrogens with one attached hydrogen (secondary N) is 1. The zero-order chi connectivity index (χ0) is 20.3. The van der Waals surface area contributed by atoms with E-state index in [0.717, 1.165) is 17.8 Å². The van der Waals surface area contributed by atoms with Crippen LogP contribution in [0, 0.1) is 0 Å². The van der Waals surface area contributed by atoms with Crippen molar-refractivity contribution in [1.82, 2.24) is 19.7 Å². The van der Waals surface area contributed by atoms with Crippen LogP contribution in [0.4, 0.5) is 4.79 Å². The van der Waals surface area contributed by atoms with E-state index in [4.69, 9.17) is 11.6 Å². The highest BCUT2D eigenvalue weighted by molar-refractivity contribution is 6.30. The largest absolute Gasteiger partial charge is 0.348 e. The van der Waals surface area contributed by atoms with Gasteiger partial charge in [-0.05, 0) is 50.6 Å². The number of carbonyl (C=O) groups excluding carboxylic acids is 2. The van der Waals surface area contributed by atoms with E-state index in [-0.39, 0.29) is 30.6 Å². The van der Waals surface area contributed by atoms with Crippen LogP contribution in [0.3, 0.4) is 0 Å². The normalized spacial score (nSPS) is 16.0. The summed E-state index contributed by atoms with van der Waals surface area (Å²) in [6.07, 6.45) is 2.04. The van der Waals surface area contributed by atoms with E-state index in [1.165, 1.54) is 0 Å². The number of hydrogen-bond acceptors (Lipinski definition) is 2. The Bertz CT molecular complexity index is 831. The number of rotatable bonds is 5. The minimum absolute atomic E-state index is 0.0499. The molecule has 1 aromatic heterocycles. The summed E-state index contributed by atoms with van der Waals surface area (Å²) in [5.41, 5.74) is 2.07. The van der Waals surface area contributed by atoms with Crippen molar-refractivity contribution in [3.8, 4) is 0 Å². The Kier molecular flexibility index (Phi) is 6.29. The Balaban J connectivity index is 1.89. The van der Waals surface area contributed by atoms with Gasteiger partial charge in [0.2, 0.25) is 5.91 Å². The molecule has 3 rings (SSSR count). The summed E-state index contributed by atoms with van der Waals surface area (Å²) in [7, 11) is 0. The van der Waals surface area contributed by atoms with Gasteiger partial charge < -0.3 is 19.7 Å². The van der Waals surface area contributed by atoms with E-state index in [0.29, 0.717) is 18.1 Å². The molecule has 0 unspecified atom stereocenters. The fourth-order valence-electron chi connectivity index (χ4n) is 3.63. The Hall–Kier alpha value is -2.47. The van der Waals surface area contributed by atoms with Crippen LogP contribution in [0.2, 0.25) is 5.02 Å². The lowest BCUT2D eigenvalue weighted by molar-refractivity contribution is -0.134. The van der Waals surface area contributed by atoms with E-state index in [1.807, 2.05) is 68.3 Å². The summed E-state index contributed by atoms with van der Waals surface area (Å²) in [6, 6.07) is 11.2. The third-order valence-electron chi connectivity index (χ3n) is 5.06. The third-order valence-corrected chi connectivity index (χ3v) is 5.31. The van der Waals surface area contributed by atoms with Gasteiger partial charge in [-0.1, -0.05) is 23.7 Å². The highest BCUT2D eigenvalue weighted by atomic mass is 35.5. The number of benzene rings is 1. The van der Waals surface area contributed by atoms with Crippen LogP contribution >= 0.6 is 11.6 Å². The van der Waals surface area contributed by atoms with Gasteiger partial charge in [0.05, 0.1) is 6.04 Å². The second-order valence-electron chi connectivity index (χ2n) is 7.22. The van der Waals surface area contributed by atoms with Crippen molar-refractivity contribution in [2.45, 2.75) is 39.4 Å². The van der Waals surface area contributed by atoms with Crippen LogP contribution in [0.5, 0.6) is 0 Å². The van der Waals surface area contributed by atoms with Gasteiger partial charge >= 0.3 is 6.03 Å². The molecule has 0 fully saturated rings. The van der Waals surface area contributed by atoms with Gasteiger partial charge in [0.15, 0.2) is 0 Å². The topological polar surface area (TPSA) is 57.6 Å². The van der Waals surface area contributed by atoms with Gasteiger partial charge in [0.1, 0.15) is 6.54 Å².